The van der Waals surface area contributed by atoms with Gasteiger partial charge in [0.2, 0.25) is 5.91 Å². The second-order valence-electron chi connectivity index (χ2n) is 8.89. The number of benzene rings is 3. The van der Waals surface area contributed by atoms with Gasteiger partial charge in [-0.3, -0.25) is 9.69 Å². The molecule has 0 bridgehead atoms. The number of rotatable bonds is 4. The number of amides is 1. The Balaban J connectivity index is 1.36. The molecule has 6 nitrogen and oxygen atoms in total. The Hall–Kier alpha value is -3.85. The molecule has 7 rings (SSSR count). The summed E-state index contributed by atoms with van der Waals surface area (Å²) < 4.78 is 5.52. The molecule has 0 spiro atoms. The Morgan fingerprint density at radius 3 is 2.68 bits per heavy atom. The first-order chi connectivity index (χ1) is 18.6. The van der Waals surface area contributed by atoms with Crippen LogP contribution in [-0.2, 0) is 4.79 Å². The number of anilines is 1. The topological polar surface area (TPSA) is 79.2 Å². The lowest BCUT2D eigenvalue weighted by Crippen LogP contribution is -2.28. The predicted octanol–water partition coefficient (Wildman–Crippen LogP) is 7.50. The van der Waals surface area contributed by atoms with Crippen molar-refractivity contribution in [3.05, 3.63) is 105 Å². The Morgan fingerprint density at radius 2 is 1.82 bits per heavy atom. The number of hydrogen-bond acceptors (Lipinski definition) is 6. The molecule has 4 heterocycles. The van der Waals surface area contributed by atoms with Crippen molar-refractivity contribution in [1.29, 1.82) is 0 Å². The van der Waals surface area contributed by atoms with Gasteiger partial charge in [-0.25, -0.2) is 9.78 Å². The average Bonchev–Trinajstić information content (AvgIpc) is 3.65. The molecule has 38 heavy (non-hydrogen) atoms. The van der Waals surface area contributed by atoms with Crippen molar-refractivity contribution in [3.8, 4) is 21.8 Å². The molecule has 0 saturated carbocycles. The fourth-order valence-corrected chi connectivity index (χ4v) is 7.07. The van der Waals surface area contributed by atoms with Crippen LogP contribution in [0, 0.1) is 0 Å². The second kappa shape index (κ2) is 9.16. The molecule has 3 aromatic heterocycles. The summed E-state index contributed by atoms with van der Waals surface area (Å²) in [7, 11) is 0. The van der Waals surface area contributed by atoms with Crippen LogP contribution in [0.3, 0.4) is 0 Å². The molecule has 1 unspecified atom stereocenters. The van der Waals surface area contributed by atoms with Gasteiger partial charge < -0.3 is 9.40 Å². The van der Waals surface area contributed by atoms with Crippen molar-refractivity contribution in [2.75, 3.05) is 10.7 Å². The first-order valence-corrected chi connectivity index (χ1v) is 14.2. The summed E-state index contributed by atoms with van der Waals surface area (Å²) in [5.74, 6) is 0.780. The number of para-hydroxylation sites is 1. The smallest absolute Gasteiger partial charge is 0.346 e. The molecule has 1 fully saturated rings. The number of carbonyl (C=O) groups is 1. The number of aromatic nitrogens is 2. The second-order valence-corrected chi connectivity index (χ2v) is 11.3. The van der Waals surface area contributed by atoms with E-state index >= 15 is 0 Å². The Kier molecular flexibility index (Phi) is 5.61. The van der Waals surface area contributed by atoms with Crippen LogP contribution in [0.5, 0.6) is 0 Å². The minimum Gasteiger partial charge on any atom is -0.422 e. The van der Waals surface area contributed by atoms with Gasteiger partial charge in [0.15, 0.2) is 0 Å². The summed E-state index contributed by atoms with van der Waals surface area (Å²) >= 11 is 9.28. The van der Waals surface area contributed by atoms with Crippen molar-refractivity contribution < 1.29 is 9.21 Å². The highest BCUT2D eigenvalue weighted by molar-refractivity contribution is 8.00. The molecule has 1 amide bonds. The van der Waals surface area contributed by atoms with E-state index < -0.39 is 5.63 Å². The van der Waals surface area contributed by atoms with Crippen molar-refractivity contribution in [2.24, 2.45) is 0 Å². The van der Waals surface area contributed by atoms with Gasteiger partial charge in [0, 0.05) is 32.3 Å². The third kappa shape index (κ3) is 3.84. The number of thiazole rings is 1. The van der Waals surface area contributed by atoms with Crippen LogP contribution >= 0.6 is 34.7 Å². The van der Waals surface area contributed by atoms with Crippen LogP contribution in [0.2, 0.25) is 5.02 Å². The van der Waals surface area contributed by atoms with Crippen LogP contribution < -0.4 is 10.5 Å². The molecule has 1 N–H and O–H groups in total. The first kappa shape index (κ1) is 23.3. The molecule has 186 valence electrons. The van der Waals surface area contributed by atoms with Crippen molar-refractivity contribution in [2.45, 2.75) is 5.37 Å². The summed E-state index contributed by atoms with van der Waals surface area (Å²) in [4.78, 5) is 36.1. The van der Waals surface area contributed by atoms with Gasteiger partial charge in [0.1, 0.15) is 21.8 Å². The standard InChI is InChI=1S/C29H18ClN3O3S2/c30-18-10-11-21-19(13-18)25(26(31-21)16-6-2-1-3-7-16)28-33(24(34)15-38-28)23-14-37-27(32-23)20-12-17-8-4-5-9-22(17)36-29(20)35/h1-14,28,31H,15H2. The number of nitrogens with one attached hydrogen (secondary N) is 1. The SMILES string of the molecule is O=C1CSC(c2c(-c3ccccc3)[nH]c3ccc(Cl)cc23)N1c1csc(-c2cc3ccccc3oc2=O)n1. The molecule has 0 radical (unpaired) electrons. The minimum absolute atomic E-state index is 0.0437. The van der Waals surface area contributed by atoms with E-state index in [-0.39, 0.29) is 11.3 Å². The summed E-state index contributed by atoms with van der Waals surface area (Å²) in [6.45, 7) is 0. The third-order valence-electron chi connectivity index (χ3n) is 6.59. The number of hydrogen-bond donors (Lipinski definition) is 1. The van der Waals surface area contributed by atoms with Crippen LogP contribution in [-0.4, -0.2) is 21.6 Å². The number of aromatic amines is 1. The Labute approximate surface area is 229 Å². The molecule has 1 aliphatic heterocycles. The van der Waals surface area contributed by atoms with Gasteiger partial charge in [-0.05, 0) is 35.9 Å². The average molecular weight is 556 g/mol. The third-order valence-corrected chi connectivity index (χ3v) is 8.86. The maximum absolute atomic E-state index is 13.3. The van der Waals surface area contributed by atoms with Crippen molar-refractivity contribution in [3.63, 3.8) is 0 Å². The molecule has 1 saturated heterocycles. The Morgan fingerprint density at radius 1 is 1.00 bits per heavy atom. The van der Waals surface area contributed by atoms with E-state index in [0.29, 0.717) is 32.7 Å². The lowest BCUT2D eigenvalue weighted by Gasteiger charge is -2.23. The van der Waals surface area contributed by atoms with Gasteiger partial charge >= 0.3 is 5.63 Å². The van der Waals surface area contributed by atoms with Crippen LogP contribution in [0.15, 0.2) is 93.5 Å². The van der Waals surface area contributed by atoms with Gasteiger partial charge in [0.05, 0.1) is 17.0 Å². The number of carbonyl (C=O) groups excluding carboxylic acids is 1. The zero-order valence-corrected chi connectivity index (χ0v) is 22.1. The predicted molar refractivity (Wildman–Crippen MR) is 155 cm³/mol. The minimum atomic E-state index is -0.457. The van der Waals surface area contributed by atoms with E-state index in [1.807, 2.05) is 72.1 Å². The maximum atomic E-state index is 13.3. The van der Waals surface area contributed by atoms with E-state index in [1.165, 1.54) is 11.3 Å². The van der Waals surface area contributed by atoms with E-state index in [4.69, 9.17) is 21.0 Å². The zero-order chi connectivity index (χ0) is 25.8. The number of H-pyrrole nitrogens is 1. The normalized spacial score (nSPS) is 15.7. The fraction of sp³-hybridized carbons (Fsp3) is 0.0690. The molecular weight excluding hydrogens is 538 g/mol. The van der Waals surface area contributed by atoms with E-state index in [9.17, 15) is 9.59 Å². The molecule has 1 atom stereocenters. The van der Waals surface area contributed by atoms with Crippen LogP contribution in [0.1, 0.15) is 10.9 Å². The number of halogens is 1. The first-order valence-electron chi connectivity index (χ1n) is 11.9. The zero-order valence-electron chi connectivity index (χ0n) is 19.7. The molecule has 9 heteroatoms. The highest BCUT2D eigenvalue weighted by Crippen LogP contribution is 2.48. The monoisotopic (exact) mass is 555 g/mol. The summed E-state index contributed by atoms with van der Waals surface area (Å²) in [6, 6.07) is 24.9. The van der Waals surface area contributed by atoms with Crippen LogP contribution in [0.4, 0.5) is 5.82 Å². The van der Waals surface area contributed by atoms with Crippen molar-refractivity contribution in [1.82, 2.24) is 9.97 Å². The highest BCUT2D eigenvalue weighted by atomic mass is 35.5. The quantitative estimate of drug-likeness (QED) is 0.228. The molecule has 1 aliphatic rings. The van der Waals surface area contributed by atoms with Gasteiger partial charge in [-0.2, -0.15) is 0 Å². The lowest BCUT2D eigenvalue weighted by atomic mass is 10.0. The van der Waals surface area contributed by atoms with E-state index in [2.05, 4.69) is 4.98 Å². The Bertz CT molecular complexity index is 1910. The van der Waals surface area contributed by atoms with Crippen LogP contribution in [0.25, 0.3) is 43.7 Å². The van der Waals surface area contributed by atoms with Gasteiger partial charge in [0.25, 0.3) is 0 Å². The van der Waals surface area contributed by atoms with Gasteiger partial charge in [-0.1, -0.05) is 60.1 Å². The van der Waals surface area contributed by atoms with Gasteiger partial charge in [-0.15, -0.1) is 23.1 Å². The fourth-order valence-electron chi connectivity index (χ4n) is 4.87. The number of thioether (sulfide) groups is 1. The molecule has 0 aliphatic carbocycles. The van der Waals surface area contributed by atoms with E-state index in [0.717, 1.165) is 33.1 Å². The molecule has 3 aromatic carbocycles. The number of nitrogens with zero attached hydrogens (tertiary/aromatic N) is 2. The van der Waals surface area contributed by atoms with Crippen molar-refractivity contribution >= 4 is 68.3 Å². The summed E-state index contributed by atoms with van der Waals surface area (Å²) in [6.07, 6.45) is 0. The highest BCUT2D eigenvalue weighted by Gasteiger charge is 2.38. The summed E-state index contributed by atoms with van der Waals surface area (Å²) in [5.41, 5.74) is 4.31. The lowest BCUT2D eigenvalue weighted by molar-refractivity contribution is -0.115. The van der Waals surface area contributed by atoms with E-state index in [1.54, 1.807) is 28.8 Å². The molecular formula is C29H18ClN3O3S2. The maximum Gasteiger partial charge on any atom is 0.346 e. The summed E-state index contributed by atoms with van der Waals surface area (Å²) in [5, 5.41) is 4.40. The molecule has 6 aromatic rings. The number of fused-ring (bicyclic) bond motifs is 2. The largest absolute Gasteiger partial charge is 0.422 e.